The van der Waals surface area contributed by atoms with E-state index in [1.54, 1.807) is 0 Å². The minimum absolute atomic E-state index is 0.0713. The van der Waals surface area contributed by atoms with E-state index >= 15 is 0 Å². The first-order valence-corrected chi connectivity index (χ1v) is 8.94. The molecule has 0 aliphatic heterocycles. The molecule has 4 heteroatoms. The van der Waals surface area contributed by atoms with Gasteiger partial charge in [0.25, 0.3) is 0 Å². The van der Waals surface area contributed by atoms with Gasteiger partial charge in [-0.25, -0.2) is 4.98 Å². The first-order chi connectivity index (χ1) is 9.72. The van der Waals surface area contributed by atoms with Crippen LogP contribution in [0.2, 0.25) is 0 Å². The van der Waals surface area contributed by atoms with Crippen LogP contribution in [-0.2, 0) is 12.8 Å². The third kappa shape index (κ3) is 3.41. The largest absolute Gasteiger partial charge is 0.393 e. The van der Waals surface area contributed by atoms with E-state index in [2.05, 4.69) is 12.2 Å². The fraction of sp³-hybridized carbons (Fsp3) is 0.812. The van der Waals surface area contributed by atoms with Gasteiger partial charge in [-0.3, -0.25) is 0 Å². The summed E-state index contributed by atoms with van der Waals surface area (Å²) in [6.45, 7) is 3.24. The Hall–Kier alpha value is -0.450. The average Bonchev–Trinajstić information content (AvgIpc) is 2.89. The summed E-state index contributed by atoms with van der Waals surface area (Å²) in [6, 6.07) is 0.352. The van der Waals surface area contributed by atoms with E-state index in [1.165, 1.54) is 54.1 Å². The van der Waals surface area contributed by atoms with Crippen LogP contribution in [0.5, 0.6) is 0 Å². The third-order valence-electron chi connectivity index (χ3n) is 4.70. The molecule has 1 heterocycles. The minimum atomic E-state index is -0.0713. The summed E-state index contributed by atoms with van der Waals surface area (Å²) >= 11 is 1.91. The van der Waals surface area contributed by atoms with Crippen LogP contribution in [0.1, 0.15) is 67.1 Å². The second kappa shape index (κ2) is 6.54. The molecule has 1 aromatic heterocycles. The Kier molecular flexibility index (Phi) is 4.74. The quantitative estimate of drug-likeness (QED) is 0.896. The van der Waals surface area contributed by atoms with Gasteiger partial charge in [-0.15, -0.1) is 11.3 Å². The summed E-state index contributed by atoms with van der Waals surface area (Å²) in [5.41, 5.74) is 1.36. The van der Waals surface area contributed by atoms with Gasteiger partial charge < -0.3 is 10.4 Å². The number of hydrogen-bond donors (Lipinski definition) is 2. The number of hydrogen-bond acceptors (Lipinski definition) is 4. The predicted molar refractivity (Wildman–Crippen MR) is 83.1 cm³/mol. The predicted octanol–water partition coefficient (Wildman–Crippen LogP) is 3.22. The minimum Gasteiger partial charge on any atom is -0.393 e. The van der Waals surface area contributed by atoms with Crippen molar-refractivity contribution >= 4 is 11.3 Å². The highest BCUT2D eigenvalue weighted by atomic mass is 32.1. The molecule has 2 N–H and O–H groups in total. The van der Waals surface area contributed by atoms with Crippen molar-refractivity contribution < 1.29 is 5.11 Å². The van der Waals surface area contributed by atoms with Gasteiger partial charge in [0.2, 0.25) is 0 Å². The molecule has 3 unspecified atom stereocenters. The van der Waals surface area contributed by atoms with E-state index in [0.29, 0.717) is 12.0 Å². The van der Waals surface area contributed by atoms with Crippen molar-refractivity contribution in [2.75, 3.05) is 6.54 Å². The van der Waals surface area contributed by atoms with Crippen LogP contribution in [0.4, 0.5) is 0 Å². The molecule has 20 heavy (non-hydrogen) atoms. The summed E-state index contributed by atoms with van der Waals surface area (Å²) < 4.78 is 0. The van der Waals surface area contributed by atoms with Gasteiger partial charge in [0.1, 0.15) is 5.01 Å². The van der Waals surface area contributed by atoms with Gasteiger partial charge in [0.15, 0.2) is 0 Å². The van der Waals surface area contributed by atoms with Crippen molar-refractivity contribution in [3.05, 3.63) is 15.6 Å². The van der Waals surface area contributed by atoms with Crippen molar-refractivity contribution in [3.63, 3.8) is 0 Å². The number of fused-ring (bicyclic) bond motifs is 1. The second-order valence-electron chi connectivity index (χ2n) is 6.45. The lowest BCUT2D eigenvalue weighted by Crippen LogP contribution is -2.30. The van der Waals surface area contributed by atoms with E-state index in [9.17, 15) is 5.11 Å². The highest BCUT2D eigenvalue weighted by molar-refractivity contribution is 7.11. The molecular weight excluding hydrogens is 268 g/mol. The van der Waals surface area contributed by atoms with Crippen LogP contribution >= 0.6 is 11.3 Å². The Bertz CT molecular complexity index is 422. The third-order valence-corrected chi connectivity index (χ3v) is 6.04. The molecular formula is C16H26N2OS. The Morgan fingerprint density at radius 3 is 2.95 bits per heavy atom. The maximum Gasteiger partial charge on any atom is 0.110 e. The topological polar surface area (TPSA) is 45.1 Å². The zero-order chi connectivity index (χ0) is 13.9. The zero-order valence-corrected chi connectivity index (χ0v) is 13.2. The van der Waals surface area contributed by atoms with Crippen molar-refractivity contribution in [2.45, 2.75) is 70.4 Å². The molecule has 0 saturated heterocycles. The standard InChI is InChI=1S/C16H26N2OS/c1-11(17-10-12-5-4-6-13(19)9-12)16-18-14-7-2-3-8-15(14)20-16/h11-13,17,19H,2-10H2,1H3. The Morgan fingerprint density at radius 1 is 1.30 bits per heavy atom. The molecule has 3 atom stereocenters. The number of aliphatic hydroxyl groups is 1. The highest BCUT2D eigenvalue weighted by Crippen LogP contribution is 2.30. The first-order valence-electron chi connectivity index (χ1n) is 8.12. The van der Waals surface area contributed by atoms with Gasteiger partial charge >= 0.3 is 0 Å². The summed E-state index contributed by atoms with van der Waals surface area (Å²) in [5, 5.41) is 14.6. The van der Waals surface area contributed by atoms with Crippen LogP contribution in [0.15, 0.2) is 0 Å². The zero-order valence-electron chi connectivity index (χ0n) is 12.4. The van der Waals surface area contributed by atoms with Gasteiger partial charge in [-0.05, 0) is 64.3 Å². The number of nitrogens with zero attached hydrogens (tertiary/aromatic N) is 1. The summed E-state index contributed by atoms with van der Waals surface area (Å²) in [5.74, 6) is 0.635. The molecule has 1 saturated carbocycles. The van der Waals surface area contributed by atoms with Crippen LogP contribution in [0, 0.1) is 5.92 Å². The van der Waals surface area contributed by atoms with Crippen LogP contribution in [0.25, 0.3) is 0 Å². The summed E-state index contributed by atoms with van der Waals surface area (Å²) in [4.78, 5) is 6.36. The molecule has 3 nitrogen and oxygen atoms in total. The number of nitrogens with one attached hydrogen (secondary N) is 1. The molecule has 0 amide bonds. The van der Waals surface area contributed by atoms with Gasteiger partial charge in [-0.1, -0.05) is 6.42 Å². The van der Waals surface area contributed by atoms with E-state index in [4.69, 9.17) is 4.98 Å². The fourth-order valence-corrected chi connectivity index (χ4v) is 4.62. The van der Waals surface area contributed by atoms with E-state index < -0.39 is 0 Å². The van der Waals surface area contributed by atoms with Crippen LogP contribution in [-0.4, -0.2) is 22.7 Å². The lowest BCUT2D eigenvalue weighted by atomic mass is 9.87. The summed E-state index contributed by atoms with van der Waals surface area (Å²) in [6.07, 6.45) is 9.35. The molecule has 1 aromatic rings. The SMILES string of the molecule is CC(NCC1CCCC(O)C1)c1nc2c(s1)CCCC2. The molecule has 2 aliphatic carbocycles. The first kappa shape index (κ1) is 14.5. The monoisotopic (exact) mass is 294 g/mol. The Labute approximate surface area is 125 Å². The molecule has 0 bridgehead atoms. The Morgan fingerprint density at radius 2 is 2.15 bits per heavy atom. The molecule has 0 aromatic carbocycles. The molecule has 0 spiro atoms. The number of aromatic nitrogens is 1. The lowest BCUT2D eigenvalue weighted by Gasteiger charge is -2.27. The lowest BCUT2D eigenvalue weighted by molar-refractivity contribution is 0.0998. The average molecular weight is 294 g/mol. The van der Waals surface area contributed by atoms with Crippen molar-refractivity contribution in [3.8, 4) is 0 Å². The fourth-order valence-electron chi connectivity index (χ4n) is 3.44. The molecule has 0 radical (unpaired) electrons. The molecule has 2 aliphatic rings. The van der Waals surface area contributed by atoms with Gasteiger partial charge in [-0.2, -0.15) is 0 Å². The van der Waals surface area contributed by atoms with Crippen LogP contribution in [0.3, 0.4) is 0 Å². The van der Waals surface area contributed by atoms with Crippen LogP contribution < -0.4 is 5.32 Å². The smallest absolute Gasteiger partial charge is 0.110 e. The van der Waals surface area contributed by atoms with Gasteiger partial charge in [0.05, 0.1) is 17.8 Å². The number of rotatable bonds is 4. The van der Waals surface area contributed by atoms with E-state index in [0.717, 1.165) is 19.4 Å². The molecule has 112 valence electrons. The highest BCUT2D eigenvalue weighted by Gasteiger charge is 2.22. The maximum absolute atomic E-state index is 9.73. The summed E-state index contributed by atoms with van der Waals surface area (Å²) in [7, 11) is 0. The second-order valence-corrected chi connectivity index (χ2v) is 7.56. The van der Waals surface area contributed by atoms with Gasteiger partial charge in [0, 0.05) is 4.88 Å². The van der Waals surface area contributed by atoms with E-state index in [-0.39, 0.29) is 6.10 Å². The Balaban J connectivity index is 1.53. The van der Waals surface area contributed by atoms with Crippen molar-refractivity contribution in [1.82, 2.24) is 10.3 Å². The normalized spacial score (nSPS) is 28.1. The number of thiazole rings is 1. The molecule has 3 rings (SSSR count). The van der Waals surface area contributed by atoms with E-state index in [1.807, 2.05) is 11.3 Å². The maximum atomic E-state index is 9.73. The van der Waals surface area contributed by atoms with Crippen molar-refractivity contribution in [2.24, 2.45) is 5.92 Å². The number of aliphatic hydroxyl groups excluding tert-OH is 1. The number of aryl methyl sites for hydroxylation is 2. The van der Waals surface area contributed by atoms with Crippen molar-refractivity contribution in [1.29, 1.82) is 0 Å². The molecule has 1 fully saturated rings.